The molecule has 0 radical (unpaired) electrons. The van der Waals surface area contributed by atoms with Gasteiger partial charge in [-0.3, -0.25) is 9.89 Å². The molecule has 26 heavy (non-hydrogen) atoms. The van der Waals surface area contributed by atoms with Gasteiger partial charge in [0, 0.05) is 38.3 Å². The van der Waals surface area contributed by atoms with Gasteiger partial charge in [0.15, 0.2) is 5.96 Å². The lowest BCUT2D eigenvalue weighted by Crippen LogP contribution is -2.45. The van der Waals surface area contributed by atoms with E-state index in [1.807, 2.05) is 6.07 Å². The fourth-order valence-corrected chi connectivity index (χ4v) is 3.36. The number of nitrogens with zero attached hydrogens (tertiary/aromatic N) is 2. The molecule has 1 fully saturated rings. The van der Waals surface area contributed by atoms with E-state index >= 15 is 0 Å². The molecule has 1 saturated heterocycles. The summed E-state index contributed by atoms with van der Waals surface area (Å²) in [6.07, 6.45) is 5.20. The normalized spacial score (nSPS) is 18.1. The zero-order chi connectivity index (χ0) is 18.1. The monoisotopic (exact) mass is 476 g/mol. The van der Waals surface area contributed by atoms with Crippen molar-refractivity contribution < 1.29 is 9.84 Å². The van der Waals surface area contributed by atoms with Crippen LogP contribution in [-0.4, -0.2) is 55.8 Å². The first-order valence-corrected chi connectivity index (χ1v) is 9.22. The number of phenols is 1. The summed E-state index contributed by atoms with van der Waals surface area (Å²) >= 11 is 0. The number of likely N-dealkylation sites (tertiary alicyclic amines) is 1. The number of guanidine groups is 1. The molecule has 0 aromatic heterocycles. The van der Waals surface area contributed by atoms with Crippen LogP contribution in [0.2, 0.25) is 0 Å². The van der Waals surface area contributed by atoms with E-state index < -0.39 is 0 Å². The van der Waals surface area contributed by atoms with Crippen LogP contribution in [0.15, 0.2) is 23.2 Å². The predicted octanol–water partition coefficient (Wildman–Crippen LogP) is 2.95. The first-order chi connectivity index (χ1) is 12.2. The molecule has 2 rings (SSSR count). The predicted molar refractivity (Wildman–Crippen MR) is 118 cm³/mol. The number of aliphatic imine (C=N–C) groups is 1. The minimum atomic E-state index is 0. The van der Waals surface area contributed by atoms with Crippen LogP contribution in [0.1, 0.15) is 38.2 Å². The summed E-state index contributed by atoms with van der Waals surface area (Å²) in [4.78, 5) is 6.84. The van der Waals surface area contributed by atoms with E-state index in [4.69, 9.17) is 4.74 Å². The second-order valence-corrected chi connectivity index (χ2v) is 6.44. The van der Waals surface area contributed by atoms with Crippen LogP contribution < -0.4 is 15.4 Å². The molecule has 7 heteroatoms. The third kappa shape index (κ3) is 6.83. The number of phenolic OH excluding ortho intramolecular Hbond substituents is 1. The molecule has 1 heterocycles. The van der Waals surface area contributed by atoms with Gasteiger partial charge in [-0.2, -0.15) is 0 Å². The van der Waals surface area contributed by atoms with E-state index in [1.54, 1.807) is 26.3 Å². The summed E-state index contributed by atoms with van der Waals surface area (Å²) in [5, 5.41) is 16.6. The molecular weight excluding hydrogens is 443 g/mol. The second-order valence-electron chi connectivity index (χ2n) is 6.44. The van der Waals surface area contributed by atoms with Gasteiger partial charge in [-0.1, -0.05) is 13.3 Å². The van der Waals surface area contributed by atoms with Crippen molar-refractivity contribution in [3.8, 4) is 11.5 Å². The standard InChI is InChI=1S/C19H32N4O2.HI/c1-4-16-7-5-6-11-23(16)12-10-21-19(20-2)22-14-15-13-17(25-3)8-9-18(15)24;/h8-9,13,16,24H,4-7,10-12,14H2,1-3H3,(H2,20,21,22);1H. The van der Waals surface area contributed by atoms with Gasteiger partial charge in [0.1, 0.15) is 11.5 Å². The molecule has 0 saturated carbocycles. The first kappa shape index (κ1) is 22.8. The smallest absolute Gasteiger partial charge is 0.191 e. The molecule has 148 valence electrons. The molecule has 6 nitrogen and oxygen atoms in total. The Balaban J connectivity index is 0.00000338. The third-order valence-electron chi connectivity index (χ3n) is 4.87. The number of nitrogens with one attached hydrogen (secondary N) is 2. The average Bonchev–Trinajstić information content (AvgIpc) is 2.66. The Morgan fingerprint density at radius 3 is 2.85 bits per heavy atom. The van der Waals surface area contributed by atoms with Gasteiger partial charge < -0.3 is 20.5 Å². The fraction of sp³-hybridized carbons (Fsp3) is 0.632. The topological polar surface area (TPSA) is 69.1 Å². The molecule has 1 aliphatic heterocycles. The fourth-order valence-electron chi connectivity index (χ4n) is 3.36. The van der Waals surface area contributed by atoms with E-state index in [0.29, 0.717) is 6.54 Å². The average molecular weight is 476 g/mol. The highest BCUT2D eigenvalue weighted by Crippen LogP contribution is 2.22. The van der Waals surface area contributed by atoms with Gasteiger partial charge in [-0.05, 0) is 44.0 Å². The van der Waals surface area contributed by atoms with Gasteiger partial charge in [-0.25, -0.2) is 0 Å². The minimum Gasteiger partial charge on any atom is -0.508 e. The van der Waals surface area contributed by atoms with Crippen molar-refractivity contribution in [2.45, 2.75) is 45.2 Å². The number of benzene rings is 1. The molecule has 0 amide bonds. The van der Waals surface area contributed by atoms with Crippen molar-refractivity contribution >= 4 is 29.9 Å². The van der Waals surface area contributed by atoms with Gasteiger partial charge >= 0.3 is 0 Å². The number of halogens is 1. The van der Waals surface area contributed by atoms with E-state index in [1.165, 1.54) is 32.2 Å². The van der Waals surface area contributed by atoms with Crippen LogP contribution in [0.4, 0.5) is 0 Å². The van der Waals surface area contributed by atoms with Crippen molar-refractivity contribution in [1.82, 2.24) is 15.5 Å². The van der Waals surface area contributed by atoms with E-state index in [2.05, 4.69) is 27.4 Å². The van der Waals surface area contributed by atoms with Gasteiger partial charge in [0.25, 0.3) is 0 Å². The van der Waals surface area contributed by atoms with Crippen molar-refractivity contribution in [1.29, 1.82) is 0 Å². The van der Waals surface area contributed by atoms with Gasteiger partial charge in [0.2, 0.25) is 0 Å². The molecule has 1 aliphatic rings. The maximum Gasteiger partial charge on any atom is 0.191 e. The lowest BCUT2D eigenvalue weighted by Gasteiger charge is -2.35. The SMILES string of the molecule is CCC1CCCCN1CCNC(=NC)NCc1cc(OC)ccc1O.I. The van der Waals surface area contributed by atoms with Crippen LogP contribution in [0.25, 0.3) is 0 Å². The van der Waals surface area contributed by atoms with E-state index in [9.17, 15) is 5.11 Å². The summed E-state index contributed by atoms with van der Waals surface area (Å²) in [7, 11) is 3.38. The summed E-state index contributed by atoms with van der Waals surface area (Å²) in [5.74, 6) is 1.73. The van der Waals surface area contributed by atoms with Crippen molar-refractivity contribution in [2.75, 3.05) is 33.8 Å². The van der Waals surface area contributed by atoms with Crippen LogP contribution in [0, 0.1) is 0 Å². The van der Waals surface area contributed by atoms with E-state index in [0.717, 1.165) is 36.4 Å². The summed E-state index contributed by atoms with van der Waals surface area (Å²) in [6.45, 7) is 5.86. The lowest BCUT2D eigenvalue weighted by molar-refractivity contribution is 0.147. The van der Waals surface area contributed by atoms with Crippen LogP contribution in [-0.2, 0) is 6.54 Å². The van der Waals surface area contributed by atoms with Crippen LogP contribution in [0.5, 0.6) is 11.5 Å². The summed E-state index contributed by atoms with van der Waals surface area (Å²) in [5.41, 5.74) is 0.782. The number of hydrogen-bond donors (Lipinski definition) is 3. The third-order valence-corrected chi connectivity index (χ3v) is 4.87. The van der Waals surface area contributed by atoms with Crippen molar-refractivity contribution in [3.63, 3.8) is 0 Å². The molecule has 1 atom stereocenters. The number of rotatable bonds is 7. The number of hydrogen-bond acceptors (Lipinski definition) is 4. The second kappa shape index (κ2) is 12.2. The molecule has 1 aromatic carbocycles. The molecule has 0 aliphatic carbocycles. The lowest BCUT2D eigenvalue weighted by atomic mass is 10.0. The zero-order valence-electron chi connectivity index (χ0n) is 16.1. The molecule has 0 bridgehead atoms. The quantitative estimate of drug-likeness (QED) is 0.321. The zero-order valence-corrected chi connectivity index (χ0v) is 18.5. The molecule has 1 aromatic rings. The summed E-state index contributed by atoms with van der Waals surface area (Å²) in [6, 6.07) is 5.94. The van der Waals surface area contributed by atoms with Crippen molar-refractivity contribution in [3.05, 3.63) is 23.8 Å². The highest BCUT2D eigenvalue weighted by molar-refractivity contribution is 14.0. The number of piperidine rings is 1. The van der Waals surface area contributed by atoms with Crippen LogP contribution in [0.3, 0.4) is 0 Å². The maximum atomic E-state index is 9.96. The highest BCUT2D eigenvalue weighted by Gasteiger charge is 2.19. The number of aromatic hydroxyl groups is 1. The Bertz CT molecular complexity index is 568. The molecular formula is C19H33IN4O2. The largest absolute Gasteiger partial charge is 0.508 e. The Morgan fingerprint density at radius 2 is 2.15 bits per heavy atom. The maximum absolute atomic E-state index is 9.96. The van der Waals surface area contributed by atoms with E-state index in [-0.39, 0.29) is 29.7 Å². The van der Waals surface area contributed by atoms with Crippen molar-refractivity contribution in [2.24, 2.45) is 4.99 Å². The Labute approximate surface area is 174 Å². The Morgan fingerprint density at radius 1 is 1.35 bits per heavy atom. The number of ether oxygens (including phenoxy) is 1. The minimum absolute atomic E-state index is 0. The first-order valence-electron chi connectivity index (χ1n) is 9.22. The Kier molecular flexibility index (Phi) is 10.7. The Hall–Kier alpha value is -1.22. The van der Waals surface area contributed by atoms with Gasteiger partial charge in [-0.15, -0.1) is 24.0 Å². The highest BCUT2D eigenvalue weighted by atomic mass is 127. The molecule has 1 unspecified atom stereocenters. The van der Waals surface area contributed by atoms with Gasteiger partial charge in [0.05, 0.1) is 7.11 Å². The van der Waals surface area contributed by atoms with Crippen LogP contribution >= 0.6 is 24.0 Å². The molecule has 0 spiro atoms. The molecule has 3 N–H and O–H groups in total. The number of methoxy groups -OCH3 is 1. The summed E-state index contributed by atoms with van der Waals surface area (Å²) < 4.78 is 5.21.